The highest BCUT2D eigenvalue weighted by Gasteiger charge is 2.29. The molecule has 1 rings (SSSR count). The van der Waals surface area contributed by atoms with Crippen LogP contribution in [0.3, 0.4) is 0 Å². The third-order valence-electron chi connectivity index (χ3n) is 3.04. The molecule has 0 fully saturated rings. The number of aryl methyl sites for hydroxylation is 1. The number of nitrogens with zero attached hydrogens (tertiary/aromatic N) is 2. The van der Waals surface area contributed by atoms with Gasteiger partial charge in [0.1, 0.15) is 11.7 Å². The van der Waals surface area contributed by atoms with E-state index in [2.05, 4.69) is 30.7 Å². The number of ether oxygens (including phenoxy) is 1. The second-order valence-electron chi connectivity index (χ2n) is 6.25. The lowest BCUT2D eigenvalue weighted by Crippen LogP contribution is -2.24. The highest BCUT2D eigenvalue weighted by Crippen LogP contribution is 2.26. The van der Waals surface area contributed by atoms with E-state index >= 15 is 0 Å². The van der Waals surface area contributed by atoms with Crippen LogP contribution in [0, 0.1) is 12.8 Å². The molecule has 0 aliphatic carbocycles. The van der Waals surface area contributed by atoms with Crippen molar-refractivity contribution in [1.29, 1.82) is 0 Å². The van der Waals surface area contributed by atoms with Gasteiger partial charge in [0, 0.05) is 16.8 Å². The summed E-state index contributed by atoms with van der Waals surface area (Å²) in [6, 6.07) is 1.97. The number of hydrogen-bond donors (Lipinski definition) is 0. The Morgan fingerprint density at radius 2 is 1.84 bits per heavy atom. The van der Waals surface area contributed by atoms with Crippen molar-refractivity contribution in [1.82, 2.24) is 9.97 Å². The summed E-state index contributed by atoms with van der Waals surface area (Å²) in [6.45, 7) is 12.2. The number of aromatic nitrogens is 2. The Hall–Kier alpha value is -1.45. The van der Waals surface area contributed by atoms with Crippen LogP contribution in [0.5, 0.6) is 0 Å². The van der Waals surface area contributed by atoms with Crippen LogP contribution in [0.1, 0.15) is 57.7 Å². The predicted molar refractivity (Wildman–Crippen MR) is 75.1 cm³/mol. The standard InChI is InChI=1S/C15H24N2O2/c1-9(2)12(14(18)19-7)13-16-10(3)8-11(17-13)15(4,5)6/h8-9,12H,1-7H3. The van der Waals surface area contributed by atoms with Gasteiger partial charge in [-0.3, -0.25) is 4.79 Å². The van der Waals surface area contributed by atoms with Crippen LogP contribution in [0.15, 0.2) is 6.07 Å². The minimum absolute atomic E-state index is 0.0693. The zero-order valence-corrected chi connectivity index (χ0v) is 12.9. The molecule has 0 saturated heterocycles. The van der Waals surface area contributed by atoms with Crippen molar-refractivity contribution in [2.45, 2.75) is 52.9 Å². The highest BCUT2D eigenvalue weighted by molar-refractivity contribution is 5.77. The van der Waals surface area contributed by atoms with E-state index in [-0.39, 0.29) is 17.3 Å². The van der Waals surface area contributed by atoms with E-state index in [1.54, 1.807) is 0 Å². The summed E-state index contributed by atoms with van der Waals surface area (Å²) in [6.07, 6.45) is 0. The predicted octanol–water partition coefficient (Wildman–Crippen LogP) is 3.00. The van der Waals surface area contributed by atoms with Crippen LogP contribution in [0.4, 0.5) is 0 Å². The second-order valence-corrected chi connectivity index (χ2v) is 6.25. The van der Waals surface area contributed by atoms with E-state index in [4.69, 9.17) is 4.74 Å². The first-order chi connectivity index (χ1) is 8.66. The van der Waals surface area contributed by atoms with Gasteiger partial charge >= 0.3 is 5.97 Å². The second kappa shape index (κ2) is 5.68. The molecule has 0 aliphatic heterocycles. The zero-order valence-electron chi connectivity index (χ0n) is 12.9. The van der Waals surface area contributed by atoms with Crippen molar-refractivity contribution in [3.8, 4) is 0 Å². The topological polar surface area (TPSA) is 52.1 Å². The number of esters is 1. The molecule has 1 unspecified atom stereocenters. The van der Waals surface area contributed by atoms with Crippen molar-refractivity contribution in [3.05, 3.63) is 23.3 Å². The van der Waals surface area contributed by atoms with Crippen LogP contribution in [0.25, 0.3) is 0 Å². The first-order valence-electron chi connectivity index (χ1n) is 6.60. The van der Waals surface area contributed by atoms with Crippen molar-refractivity contribution >= 4 is 5.97 Å². The molecule has 4 nitrogen and oxygen atoms in total. The Kier molecular flexibility index (Phi) is 4.66. The first kappa shape index (κ1) is 15.6. The molecule has 0 amide bonds. The van der Waals surface area contributed by atoms with Gasteiger partial charge in [0.25, 0.3) is 0 Å². The summed E-state index contributed by atoms with van der Waals surface area (Å²) in [5.41, 5.74) is 1.76. The number of carbonyl (C=O) groups excluding carboxylic acids is 1. The lowest BCUT2D eigenvalue weighted by atomic mass is 9.90. The fraction of sp³-hybridized carbons (Fsp3) is 0.667. The Morgan fingerprint density at radius 1 is 1.26 bits per heavy atom. The average Bonchev–Trinajstić information content (AvgIpc) is 2.26. The van der Waals surface area contributed by atoms with Crippen LogP contribution < -0.4 is 0 Å². The molecule has 106 valence electrons. The lowest BCUT2D eigenvalue weighted by Gasteiger charge is -2.22. The van der Waals surface area contributed by atoms with Crippen molar-refractivity contribution in [3.63, 3.8) is 0 Å². The van der Waals surface area contributed by atoms with E-state index in [0.717, 1.165) is 11.4 Å². The number of rotatable bonds is 3. The van der Waals surface area contributed by atoms with Crippen molar-refractivity contribution < 1.29 is 9.53 Å². The Morgan fingerprint density at radius 3 is 2.26 bits per heavy atom. The summed E-state index contributed by atoms with van der Waals surface area (Å²) in [5, 5.41) is 0. The molecule has 19 heavy (non-hydrogen) atoms. The Bertz CT molecular complexity index is 462. The van der Waals surface area contributed by atoms with Gasteiger partial charge in [0.2, 0.25) is 0 Å². The summed E-state index contributed by atoms with van der Waals surface area (Å²) in [5.74, 6) is -0.0275. The van der Waals surface area contributed by atoms with Crippen LogP contribution in [0.2, 0.25) is 0 Å². The molecule has 0 radical (unpaired) electrons. The van der Waals surface area contributed by atoms with E-state index in [0.29, 0.717) is 5.82 Å². The highest BCUT2D eigenvalue weighted by atomic mass is 16.5. The molecular formula is C15H24N2O2. The first-order valence-corrected chi connectivity index (χ1v) is 6.60. The summed E-state index contributed by atoms with van der Waals surface area (Å²) < 4.78 is 4.87. The fourth-order valence-corrected chi connectivity index (χ4v) is 1.92. The van der Waals surface area contributed by atoms with Gasteiger partial charge in [-0.1, -0.05) is 34.6 Å². The Balaban J connectivity index is 3.32. The normalized spacial score (nSPS) is 13.5. The van der Waals surface area contributed by atoms with E-state index in [1.807, 2.05) is 26.8 Å². The minimum Gasteiger partial charge on any atom is -0.468 e. The number of carbonyl (C=O) groups is 1. The molecular weight excluding hydrogens is 240 g/mol. The fourth-order valence-electron chi connectivity index (χ4n) is 1.92. The maximum Gasteiger partial charge on any atom is 0.316 e. The number of hydrogen-bond acceptors (Lipinski definition) is 4. The molecule has 1 heterocycles. The molecule has 0 spiro atoms. The van der Waals surface area contributed by atoms with Gasteiger partial charge in [-0.25, -0.2) is 9.97 Å². The van der Waals surface area contributed by atoms with Gasteiger partial charge in [-0.2, -0.15) is 0 Å². The van der Waals surface area contributed by atoms with Gasteiger partial charge < -0.3 is 4.74 Å². The van der Waals surface area contributed by atoms with Gasteiger partial charge in [0.15, 0.2) is 0 Å². The van der Waals surface area contributed by atoms with E-state index < -0.39 is 5.92 Å². The molecule has 0 N–H and O–H groups in total. The van der Waals surface area contributed by atoms with Gasteiger partial charge in [0.05, 0.1) is 7.11 Å². The third-order valence-corrected chi connectivity index (χ3v) is 3.04. The minimum atomic E-state index is -0.411. The van der Waals surface area contributed by atoms with Gasteiger partial charge in [-0.15, -0.1) is 0 Å². The molecule has 4 heteroatoms. The monoisotopic (exact) mass is 264 g/mol. The summed E-state index contributed by atoms with van der Waals surface area (Å²) >= 11 is 0. The Labute approximate surface area is 115 Å². The van der Waals surface area contributed by atoms with Crippen LogP contribution in [-0.4, -0.2) is 23.0 Å². The van der Waals surface area contributed by atoms with E-state index in [1.165, 1.54) is 7.11 Å². The summed E-state index contributed by atoms with van der Waals surface area (Å²) in [7, 11) is 1.40. The molecule has 1 aromatic heterocycles. The summed E-state index contributed by atoms with van der Waals surface area (Å²) in [4.78, 5) is 20.9. The lowest BCUT2D eigenvalue weighted by molar-refractivity contribution is -0.143. The smallest absolute Gasteiger partial charge is 0.316 e. The molecule has 1 aromatic rings. The SMILES string of the molecule is COC(=O)C(c1nc(C)cc(C(C)(C)C)n1)C(C)C. The van der Waals surface area contributed by atoms with Crippen molar-refractivity contribution in [2.75, 3.05) is 7.11 Å². The largest absolute Gasteiger partial charge is 0.468 e. The molecule has 0 aromatic carbocycles. The maximum absolute atomic E-state index is 11.9. The van der Waals surface area contributed by atoms with E-state index in [9.17, 15) is 4.79 Å². The molecule has 0 saturated carbocycles. The molecule has 1 atom stereocenters. The average molecular weight is 264 g/mol. The maximum atomic E-state index is 11.9. The molecule has 0 aliphatic rings. The van der Waals surface area contributed by atoms with Crippen molar-refractivity contribution in [2.24, 2.45) is 5.92 Å². The third kappa shape index (κ3) is 3.75. The van der Waals surface area contributed by atoms with Crippen LogP contribution in [-0.2, 0) is 14.9 Å². The zero-order chi connectivity index (χ0) is 14.8. The quantitative estimate of drug-likeness (QED) is 0.787. The molecule has 0 bridgehead atoms. The number of methoxy groups -OCH3 is 1. The van der Waals surface area contributed by atoms with Gasteiger partial charge in [-0.05, 0) is 18.9 Å². The van der Waals surface area contributed by atoms with Crippen LogP contribution >= 0.6 is 0 Å².